The summed E-state index contributed by atoms with van der Waals surface area (Å²) in [5, 5.41) is 3.92. The average molecular weight is 445 g/mol. The van der Waals surface area contributed by atoms with Gasteiger partial charge in [0.05, 0.1) is 17.1 Å². The Balaban J connectivity index is 1.61. The largest absolute Gasteiger partial charge is 0.456 e. The SMILES string of the molecule is Cc1ccccc1-c1nc2ccc(Oc3ccc(F)nc3)cc2c(=O)n1C[C@H]1CCCNC1. The second-order valence-corrected chi connectivity index (χ2v) is 8.48. The van der Waals surface area contributed by atoms with E-state index in [4.69, 9.17) is 9.72 Å². The van der Waals surface area contributed by atoms with E-state index in [1.54, 1.807) is 18.2 Å². The van der Waals surface area contributed by atoms with E-state index in [-0.39, 0.29) is 5.56 Å². The van der Waals surface area contributed by atoms with Gasteiger partial charge < -0.3 is 10.1 Å². The molecule has 0 unspecified atom stereocenters. The minimum Gasteiger partial charge on any atom is -0.456 e. The van der Waals surface area contributed by atoms with E-state index in [9.17, 15) is 9.18 Å². The molecule has 6 nitrogen and oxygen atoms in total. The predicted octanol–water partition coefficient (Wildman–Crippen LogP) is 4.70. The van der Waals surface area contributed by atoms with Crippen molar-refractivity contribution in [1.82, 2.24) is 19.9 Å². The van der Waals surface area contributed by atoms with Crippen LogP contribution in [0.15, 0.2) is 65.6 Å². The van der Waals surface area contributed by atoms with E-state index < -0.39 is 5.95 Å². The fourth-order valence-electron chi connectivity index (χ4n) is 4.36. The second-order valence-electron chi connectivity index (χ2n) is 8.48. The first-order chi connectivity index (χ1) is 16.1. The molecule has 33 heavy (non-hydrogen) atoms. The molecule has 4 aromatic rings. The van der Waals surface area contributed by atoms with Gasteiger partial charge in [0.1, 0.15) is 17.3 Å². The van der Waals surface area contributed by atoms with E-state index in [2.05, 4.69) is 10.3 Å². The van der Waals surface area contributed by atoms with Gasteiger partial charge in [-0.2, -0.15) is 4.39 Å². The summed E-state index contributed by atoms with van der Waals surface area (Å²) in [5.74, 6) is 1.35. The van der Waals surface area contributed by atoms with Crippen LogP contribution in [0, 0.1) is 18.8 Å². The molecule has 1 fully saturated rings. The summed E-state index contributed by atoms with van der Waals surface area (Å²) in [7, 11) is 0. The molecule has 5 rings (SSSR count). The summed E-state index contributed by atoms with van der Waals surface area (Å²) in [6.07, 6.45) is 3.49. The summed E-state index contributed by atoms with van der Waals surface area (Å²) < 4.78 is 20.7. The Labute approximate surface area is 191 Å². The maximum absolute atomic E-state index is 13.7. The average Bonchev–Trinajstić information content (AvgIpc) is 2.84. The third-order valence-electron chi connectivity index (χ3n) is 6.09. The topological polar surface area (TPSA) is 69.0 Å². The van der Waals surface area contributed by atoms with E-state index in [1.165, 1.54) is 18.3 Å². The molecule has 168 valence electrons. The molecule has 3 heterocycles. The summed E-state index contributed by atoms with van der Waals surface area (Å²) >= 11 is 0. The van der Waals surface area contributed by atoms with Crippen LogP contribution in [0.25, 0.3) is 22.3 Å². The van der Waals surface area contributed by atoms with Gasteiger partial charge in [0.25, 0.3) is 5.56 Å². The normalized spacial score (nSPS) is 16.1. The highest BCUT2D eigenvalue weighted by Crippen LogP contribution is 2.27. The Hall–Kier alpha value is -3.58. The lowest BCUT2D eigenvalue weighted by molar-refractivity contribution is 0.334. The van der Waals surface area contributed by atoms with E-state index in [1.807, 2.05) is 35.8 Å². The number of hydrogen-bond acceptors (Lipinski definition) is 5. The van der Waals surface area contributed by atoms with Crippen molar-refractivity contribution >= 4 is 10.9 Å². The molecule has 0 saturated carbocycles. The van der Waals surface area contributed by atoms with Gasteiger partial charge in [-0.3, -0.25) is 9.36 Å². The first-order valence-electron chi connectivity index (χ1n) is 11.2. The number of benzene rings is 2. The molecule has 1 aliphatic rings. The number of pyridine rings is 1. The van der Waals surface area contributed by atoms with Crippen molar-refractivity contribution < 1.29 is 9.13 Å². The highest BCUT2D eigenvalue weighted by molar-refractivity contribution is 5.81. The molecular weight excluding hydrogens is 419 g/mol. The Morgan fingerprint density at radius 1 is 1.15 bits per heavy atom. The zero-order chi connectivity index (χ0) is 22.8. The monoisotopic (exact) mass is 444 g/mol. The van der Waals surface area contributed by atoms with Gasteiger partial charge in [-0.15, -0.1) is 0 Å². The van der Waals surface area contributed by atoms with Gasteiger partial charge in [-0.25, -0.2) is 9.97 Å². The molecule has 1 N–H and O–H groups in total. The smallest absolute Gasteiger partial charge is 0.261 e. The van der Waals surface area contributed by atoms with Gasteiger partial charge in [-0.1, -0.05) is 24.3 Å². The van der Waals surface area contributed by atoms with Crippen molar-refractivity contribution in [2.75, 3.05) is 13.1 Å². The molecule has 0 aliphatic carbocycles. The third-order valence-corrected chi connectivity index (χ3v) is 6.09. The first-order valence-corrected chi connectivity index (χ1v) is 11.2. The molecule has 1 atom stereocenters. The van der Waals surface area contributed by atoms with Crippen molar-refractivity contribution in [3.05, 3.63) is 82.7 Å². The number of piperidine rings is 1. The Morgan fingerprint density at radius 2 is 2.00 bits per heavy atom. The fourth-order valence-corrected chi connectivity index (χ4v) is 4.36. The summed E-state index contributed by atoms with van der Waals surface area (Å²) in [6, 6.07) is 16.0. The summed E-state index contributed by atoms with van der Waals surface area (Å²) in [6.45, 7) is 4.54. The number of rotatable bonds is 5. The van der Waals surface area contributed by atoms with Crippen LogP contribution in [0.1, 0.15) is 18.4 Å². The standard InChI is InChI=1S/C26H25FN4O2/c1-17-5-2-3-7-21(17)25-30-23-10-8-19(33-20-9-11-24(27)29-15-20)13-22(23)26(32)31(25)16-18-6-4-12-28-14-18/h2-3,5,7-11,13,15,18,28H,4,6,12,14,16H2,1H3/t18-/m0/s1. The van der Waals surface area contributed by atoms with Gasteiger partial charge in [0.2, 0.25) is 5.95 Å². The molecule has 7 heteroatoms. The Bertz CT molecular complexity index is 1350. The van der Waals surface area contributed by atoms with Crippen LogP contribution in [0.2, 0.25) is 0 Å². The number of nitrogens with one attached hydrogen (secondary N) is 1. The molecule has 2 aromatic carbocycles. The number of ether oxygens (including phenoxy) is 1. The molecule has 1 aliphatic heterocycles. The van der Waals surface area contributed by atoms with Crippen LogP contribution >= 0.6 is 0 Å². The van der Waals surface area contributed by atoms with Crippen LogP contribution < -0.4 is 15.6 Å². The molecule has 0 bridgehead atoms. The van der Waals surface area contributed by atoms with Gasteiger partial charge in [0.15, 0.2) is 0 Å². The quantitative estimate of drug-likeness (QED) is 0.452. The van der Waals surface area contributed by atoms with Crippen molar-refractivity contribution in [3.63, 3.8) is 0 Å². The van der Waals surface area contributed by atoms with Crippen LogP contribution in [0.3, 0.4) is 0 Å². The molecule has 0 radical (unpaired) electrons. The fraction of sp³-hybridized carbons (Fsp3) is 0.269. The van der Waals surface area contributed by atoms with Crippen LogP contribution in [-0.4, -0.2) is 27.6 Å². The molecule has 1 saturated heterocycles. The van der Waals surface area contributed by atoms with Gasteiger partial charge in [0, 0.05) is 12.1 Å². The predicted molar refractivity (Wildman–Crippen MR) is 126 cm³/mol. The van der Waals surface area contributed by atoms with Crippen LogP contribution in [0.4, 0.5) is 4.39 Å². The highest BCUT2D eigenvalue weighted by atomic mass is 19.1. The number of fused-ring (bicyclic) bond motifs is 1. The highest BCUT2D eigenvalue weighted by Gasteiger charge is 2.20. The van der Waals surface area contributed by atoms with Crippen molar-refractivity contribution in [1.29, 1.82) is 0 Å². The van der Waals surface area contributed by atoms with E-state index in [0.717, 1.165) is 37.1 Å². The minimum absolute atomic E-state index is 0.0912. The molecule has 0 spiro atoms. The number of hydrogen-bond donors (Lipinski definition) is 1. The van der Waals surface area contributed by atoms with Crippen molar-refractivity contribution in [3.8, 4) is 22.9 Å². The Kier molecular flexibility index (Phi) is 5.88. The molecular formula is C26H25FN4O2. The van der Waals surface area contributed by atoms with E-state index in [0.29, 0.717) is 40.7 Å². The minimum atomic E-state index is -0.575. The maximum atomic E-state index is 13.7. The lowest BCUT2D eigenvalue weighted by atomic mass is 9.99. The first kappa shape index (κ1) is 21.3. The van der Waals surface area contributed by atoms with Gasteiger partial charge in [-0.05, 0) is 74.7 Å². The third kappa shape index (κ3) is 4.50. The van der Waals surface area contributed by atoms with Crippen LogP contribution in [-0.2, 0) is 6.54 Å². The van der Waals surface area contributed by atoms with Crippen LogP contribution in [0.5, 0.6) is 11.5 Å². The summed E-state index contributed by atoms with van der Waals surface area (Å²) in [5.41, 5.74) is 2.55. The molecule has 2 aromatic heterocycles. The maximum Gasteiger partial charge on any atom is 0.261 e. The number of aryl methyl sites for hydroxylation is 1. The number of aromatic nitrogens is 3. The zero-order valence-corrected chi connectivity index (χ0v) is 18.4. The van der Waals surface area contributed by atoms with E-state index >= 15 is 0 Å². The van der Waals surface area contributed by atoms with Gasteiger partial charge >= 0.3 is 0 Å². The lowest BCUT2D eigenvalue weighted by Crippen LogP contribution is -2.35. The second kappa shape index (κ2) is 9.11. The number of halogens is 1. The lowest BCUT2D eigenvalue weighted by Gasteiger charge is -2.25. The van der Waals surface area contributed by atoms with Crippen molar-refractivity contribution in [2.24, 2.45) is 5.92 Å². The molecule has 0 amide bonds. The summed E-state index contributed by atoms with van der Waals surface area (Å²) in [4.78, 5) is 22.3. The van der Waals surface area contributed by atoms with Crippen molar-refractivity contribution in [2.45, 2.75) is 26.3 Å². The number of nitrogens with zero attached hydrogens (tertiary/aromatic N) is 3. The Morgan fingerprint density at radius 3 is 2.76 bits per heavy atom. The zero-order valence-electron chi connectivity index (χ0n) is 18.4.